The average Bonchev–Trinajstić information content (AvgIpc) is 3.57. The number of urea groups is 1. The molecular formula is C19H30N4O3. The Labute approximate surface area is 154 Å². The SMILES string of the molecule is CC(C)c1noc(C(NC(=O)NC(C2CC2)C2CC2)C2CCOCC2)n1. The van der Waals surface area contributed by atoms with Gasteiger partial charge in [-0.3, -0.25) is 0 Å². The summed E-state index contributed by atoms with van der Waals surface area (Å²) < 4.78 is 11.0. The second kappa shape index (κ2) is 7.55. The quantitative estimate of drug-likeness (QED) is 0.778. The van der Waals surface area contributed by atoms with Crippen molar-refractivity contribution in [2.45, 2.75) is 70.4 Å². The fraction of sp³-hybridized carbons (Fsp3) is 0.842. The van der Waals surface area contributed by atoms with Crippen molar-refractivity contribution in [3.8, 4) is 0 Å². The highest BCUT2D eigenvalue weighted by Gasteiger charge is 2.42. The van der Waals surface area contributed by atoms with Crippen LogP contribution in [-0.4, -0.2) is 35.4 Å². The van der Waals surface area contributed by atoms with Crippen LogP contribution in [-0.2, 0) is 4.74 Å². The largest absolute Gasteiger partial charge is 0.381 e. The van der Waals surface area contributed by atoms with E-state index in [9.17, 15) is 4.79 Å². The molecule has 1 atom stereocenters. The minimum Gasteiger partial charge on any atom is -0.381 e. The molecule has 2 aliphatic carbocycles. The summed E-state index contributed by atoms with van der Waals surface area (Å²) in [6.07, 6.45) is 6.75. The second-order valence-electron chi connectivity index (χ2n) is 8.39. The normalized spacial score (nSPS) is 22.6. The van der Waals surface area contributed by atoms with Gasteiger partial charge in [-0.15, -0.1) is 0 Å². The number of aromatic nitrogens is 2. The van der Waals surface area contributed by atoms with Gasteiger partial charge in [0.05, 0.1) is 0 Å². The van der Waals surface area contributed by atoms with E-state index in [4.69, 9.17) is 9.26 Å². The molecule has 1 unspecified atom stereocenters. The summed E-state index contributed by atoms with van der Waals surface area (Å²) in [6, 6.07) is -0.0215. The summed E-state index contributed by atoms with van der Waals surface area (Å²) in [5.74, 6) is 3.01. The monoisotopic (exact) mass is 362 g/mol. The van der Waals surface area contributed by atoms with Crippen LogP contribution in [0.15, 0.2) is 4.52 Å². The van der Waals surface area contributed by atoms with E-state index in [0.29, 0.717) is 42.8 Å². The Morgan fingerprint density at radius 1 is 1.00 bits per heavy atom. The van der Waals surface area contributed by atoms with E-state index in [-0.39, 0.29) is 23.9 Å². The maximum atomic E-state index is 12.7. The standard InChI is InChI=1S/C19H30N4O3/c1-11(2)17-22-18(26-23-17)16(14-7-9-25-10-8-14)21-19(24)20-15(12-3-4-12)13-5-6-13/h11-16H,3-10H2,1-2H3,(H2,20,21,24). The zero-order chi connectivity index (χ0) is 18.1. The fourth-order valence-corrected chi connectivity index (χ4v) is 3.90. The van der Waals surface area contributed by atoms with Gasteiger partial charge in [0.2, 0.25) is 5.89 Å². The highest BCUT2D eigenvalue weighted by Crippen LogP contribution is 2.44. The smallest absolute Gasteiger partial charge is 0.315 e. The maximum absolute atomic E-state index is 12.7. The van der Waals surface area contributed by atoms with Gasteiger partial charge >= 0.3 is 6.03 Å². The molecule has 3 aliphatic rings. The first kappa shape index (κ1) is 17.8. The second-order valence-corrected chi connectivity index (χ2v) is 8.39. The molecule has 0 aromatic carbocycles. The van der Waals surface area contributed by atoms with Crippen LogP contribution in [0.2, 0.25) is 0 Å². The molecule has 144 valence electrons. The van der Waals surface area contributed by atoms with Gasteiger partial charge in [-0.05, 0) is 56.3 Å². The van der Waals surface area contributed by atoms with E-state index < -0.39 is 0 Å². The summed E-state index contributed by atoms with van der Waals surface area (Å²) in [4.78, 5) is 17.3. The number of amides is 2. The fourth-order valence-electron chi connectivity index (χ4n) is 3.90. The average molecular weight is 362 g/mol. The molecule has 7 heteroatoms. The number of nitrogens with one attached hydrogen (secondary N) is 2. The number of hydrogen-bond acceptors (Lipinski definition) is 5. The van der Waals surface area contributed by atoms with E-state index in [1.807, 2.05) is 13.8 Å². The number of nitrogens with zero attached hydrogens (tertiary/aromatic N) is 2. The lowest BCUT2D eigenvalue weighted by Gasteiger charge is -2.29. The number of hydrogen-bond donors (Lipinski definition) is 2. The molecule has 1 aromatic heterocycles. The molecule has 1 aromatic rings. The predicted molar refractivity (Wildman–Crippen MR) is 95.6 cm³/mol. The lowest BCUT2D eigenvalue weighted by atomic mass is 9.91. The summed E-state index contributed by atoms with van der Waals surface area (Å²) >= 11 is 0. The molecule has 0 bridgehead atoms. The van der Waals surface area contributed by atoms with Gasteiger partial charge in [-0.25, -0.2) is 4.79 Å². The molecule has 0 spiro atoms. The summed E-state index contributed by atoms with van der Waals surface area (Å²) in [5.41, 5.74) is 0. The summed E-state index contributed by atoms with van der Waals surface area (Å²) in [6.45, 7) is 5.49. The number of carbonyl (C=O) groups excluding carboxylic acids is 1. The maximum Gasteiger partial charge on any atom is 0.315 e. The molecule has 1 saturated heterocycles. The minimum absolute atomic E-state index is 0.102. The van der Waals surface area contributed by atoms with E-state index in [0.717, 1.165) is 12.8 Å². The number of carbonyl (C=O) groups is 1. The molecule has 0 radical (unpaired) electrons. The van der Waals surface area contributed by atoms with Gasteiger partial charge < -0.3 is 19.9 Å². The molecule has 2 N–H and O–H groups in total. The Hall–Kier alpha value is -1.63. The molecule has 1 aliphatic heterocycles. The Kier molecular flexibility index (Phi) is 5.16. The molecule has 3 fully saturated rings. The van der Waals surface area contributed by atoms with Crippen LogP contribution in [0.25, 0.3) is 0 Å². The highest BCUT2D eigenvalue weighted by molar-refractivity contribution is 5.74. The van der Waals surface area contributed by atoms with Crippen LogP contribution >= 0.6 is 0 Å². The Morgan fingerprint density at radius 2 is 1.65 bits per heavy atom. The van der Waals surface area contributed by atoms with Crippen LogP contribution in [0, 0.1) is 17.8 Å². The van der Waals surface area contributed by atoms with Crippen LogP contribution in [0.5, 0.6) is 0 Å². The van der Waals surface area contributed by atoms with Crippen LogP contribution in [0.4, 0.5) is 4.79 Å². The third-order valence-corrected chi connectivity index (χ3v) is 5.82. The van der Waals surface area contributed by atoms with E-state index >= 15 is 0 Å². The minimum atomic E-state index is -0.252. The number of ether oxygens (including phenoxy) is 1. The Balaban J connectivity index is 1.45. The zero-order valence-electron chi connectivity index (χ0n) is 15.7. The summed E-state index contributed by atoms with van der Waals surface area (Å²) in [5, 5.41) is 10.5. The van der Waals surface area contributed by atoms with Crippen LogP contribution < -0.4 is 10.6 Å². The van der Waals surface area contributed by atoms with E-state index in [2.05, 4.69) is 20.8 Å². The van der Waals surface area contributed by atoms with Crippen LogP contribution in [0.1, 0.15) is 76.0 Å². The van der Waals surface area contributed by atoms with Crippen molar-refractivity contribution in [2.24, 2.45) is 17.8 Å². The molecule has 2 saturated carbocycles. The van der Waals surface area contributed by atoms with Gasteiger partial charge in [-0.2, -0.15) is 4.98 Å². The molecule has 2 heterocycles. The van der Waals surface area contributed by atoms with Gasteiger partial charge in [0, 0.05) is 25.2 Å². The van der Waals surface area contributed by atoms with E-state index in [1.165, 1.54) is 25.7 Å². The van der Waals surface area contributed by atoms with Crippen molar-refractivity contribution in [3.63, 3.8) is 0 Å². The van der Waals surface area contributed by atoms with Gasteiger partial charge in [0.25, 0.3) is 0 Å². The Morgan fingerprint density at radius 3 is 2.19 bits per heavy atom. The molecule has 26 heavy (non-hydrogen) atoms. The third kappa shape index (κ3) is 4.19. The summed E-state index contributed by atoms with van der Waals surface area (Å²) in [7, 11) is 0. The van der Waals surface area contributed by atoms with Gasteiger partial charge in [0.15, 0.2) is 5.82 Å². The van der Waals surface area contributed by atoms with Crippen molar-refractivity contribution < 1.29 is 14.1 Å². The van der Waals surface area contributed by atoms with Crippen LogP contribution in [0.3, 0.4) is 0 Å². The molecular weight excluding hydrogens is 332 g/mol. The molecule has 4 rings (SSSR count). The molecule has 7 nitrogen and oxygen atoms in total. The first-order valence-electron chi connectivity index (χ1n) is 10.1. The third-order valence-electron chi connectivity index (χ3n) is 5.82. The lowest BCUT2D eigenvalue weighted by Crippen LogP contribution is -2.47. The number of rotatable bonds is 7. The lowest BCUT2D eigenvalue weighted by molar-refractivity contribution is 0.0502. The zero-order valence-corrected chi connectivity index (χ0v) is 15.7. The highest BCUT2D eigenvalue weighted by atomic mass is 16.5. The van der Waals surface area contributed by atoms with Gasteiger partial charge in [-0.1, -0.05) is 19.0 Å². The molecule has 2 amide bonds. The first-order valence-corrected chi connectivity index (χ1v) is 10.1. The predicted octanol–water partition coefficient (Wildman–Crippen LogP) is 3.15. The van der Waals surface area contributed by atoms with Crippen molar-refractivity contribution >= 4 is 6.03 Å². The van der Waals surface area contributed by atoms with Gasteiger partial charge in [0.1, 0.15) is 6.04 Å². The Bertz CT molecular complexity index is 606. The van der Waals surface area contributed by atoms with Crippen molar-refractivity contribution in [2.75, 3.05) is 13.2 Å². The van der Waals surface area contributed by atoms with Crippen molar-refractivity contribution in [1.29, 1.82) is 0 Å². The topological polar surface area (TPSA) is 89.3 Å². The van der Waals surface area contributed by atoms with Crippen molar-refractivity contribution in [3.05, 3.63) is 11.7 Å². The van der Waals surface area contributed by atoms with E-state index in [1.54, 1.807) is 0 Å². The first-order chi connectivity index (χ1) is 12.6. The van der Waals surface area contributed by atoms with Crippen molar-refractivity contribution in [1.82, 2.24) is 20.8 Å².